The van der Waals surface area contributed by atoms with Crippen molar-refractivity contribution in [2.45, 2.75) is 36.1 Å². The van der Waals surface area contributed by atoms with Crippen LogP contribution in [0.25, 0.3) is 11.1 Å². The molecule has 13 heteroatoms. The second-order valence-corrected chi connectivity index (χ2v) is 12.0. The molecule has 0 saturated carbocycles. The van der Waals surface area contributed by atoms with E-state index in [0.29, 0.717) is 27.8 Å². The molecule has 4 N–H and O–H groups in total. The molecule has 1 amide bonds. The Balaban J connectivity index is 1.43. The van der Waals surface area contributed by atoms with Gasteiger partial charge in [-0.15, -0.1) is 11.8 Å². The van der Waals surface area contributed by atoms with Crippen LogP contribution in [0.3, 0.4) is 0 Å². The van der Waals surface area contributed by atoms with Gasteiger partial charge in [-0.3, -0.25) is 4.79 Å². The third-order valence-corrected chi connectivity index (χ3v) is 8.41. The van der Waals surface area contributed by atoms with Crippen molar-refractivity contribution in [3.8, 4) is 23.3 Å². The lowest BCUT2D eigenvalue weighted by Gasteiger charge is -2.14. The highest BCUT2D eigenvalue weighted by atomic mass is 32.2. The molecule has 212 valence electrons. The molecule has 0 unspecified atom stereocenters. The van der Waals surface area contributed by atoms with Crippen LogP contribution in [-0.4, -0.2) is 35.0 Å². The molecule has 11 nitrogen and oxygen atoms in total. The Morgan fingerprint density at radius 1 is 1.00 bits per heavy atom. The molecule has 0 spiro atoms. The van der Waals surface area contributed by atoms with E-state index < -0.39 is 10.0 Å². The number of carbonyl (C=O) groups is 1. The van der Waals surface area contributed by atoms with Gasteiger partial charge in [-0.2, -0.15) is 10.5 Å². The van der Waals surface area contributed by atoms with E-state index in [4.69, 9.17) is 5.73 Å². The minimum atomic E-state index is -3.90. The summed E-state index contributed by atoms with van der Waals surface area (Å²) in [6.45, 7) is 4.15. The Morgan fingerprint density at radius 2 is 1.64 bits per heavy atom. The molecule has 42 heavy (non-hydrogen) atoms. The monoisotopic (exact) mass is 598 g/mol. The third kappa shape index (κ3) is 7.01. The summed E-state index contributed by atoms with van der Waals surface area (Å²) in [4.78, 5) is 24.6. The molecule has 0 bridgehead atoms. The molecule has 4 aromatic rings. The van der Waals surface area contributed by atoms with E-state index in [1.165, 1.54) is 48.4 Å². The predicted molar refractivity (Wildman–Crippen MR) is 161 cm³/mol. The molecule has 0 aliphatic carbocycles. The quantitative estimate of drug-likeness (QED) is 0.212. The van der Waals surface area contributed by atoms with Gasteiger partial charge in [0.15, 0.2) is 0 Å². The van der Waals surface area contributed by atoms with Gasteiger partial charge in [-0.05, 0) is 47.4 Å². The second-order valence-electron chi connectivity index (χ2n) is 9.28. The van der Waals surface area contributed by atoms with Crippen molar-refractivity contribution < 1.29 is 13.2 Å². The van der Waals surface area contributed by atoms with Gasteiger partial charge < -0.3 is 11.1 Å². The molecule has 0 fully saturated rings. The minimum Gasteiger partial charge on any atom is -0.383 e. The Morgan fingerprint density at radius 3 is 2.24 bits per heavy atom. The van der Waals surface area contributed by atoms with Crippen LogP contribution in [0, 0.1) is 22.7 Å². The van der Waals surface area contributed by atoms with Crippen molar-refractivity contribution in [2.24, 2.45) is 0 Å². The number of benzene rings is 2. The first-order valence-corrected chi connectivity index (χ1v) is 15.2. The number of rotatable bonds is 10. The van der Waals surface area contributed by atoms with Gasteiger partial charge in [0.25, 0.3) is 10.0 Å². The van der Waals surface area contributed by atoms with Gasteiger partial charge in [0.2, 0.25) is 11.9 Å². The van der Waals surface area contributed by atoms with E-state index in [1.807, 2.05) is 24.3 Å². The predicted octanol–water partition coefficient (Wildman–Crippen LogP) is 4.91. The minimum absolute atomic E-state index is 0.00902. The molecular weight excluding hydrogens is 573 g/mol. The maximum Gasteiger partial charge on any atom is 0.264 e. The number of thioether (sulfide) groups is 1. The summed E-state index contributed by atoms with van der Waals surface area (Å²) in [6.07, 6.45) is 2.90. The number of amides is 1. The van der Waals surface area contributed by atoms with Crippen LogP contribution < -0.4 is 15.8 Å². The van der Waals surface area contributed by atoms with Crippen molar-refractivity contribution in [1.82, 2.24) is 15.0 Å². The largest absolute Gasteiger partial charge is 0.383 e. The number of pyridine rings is 1. The number of hydrogen-bond donors (Lipinski definition) is 3. The molecule has 2 aromatic heterocycles. The van der Waals surface area contributed by atoms with Gasteiger partial charge in [0.1, 0.15) is 28.5 Å². The molecule has 0 atom stereocenters. The number of nitrogens with one attached hydrogen (secondary N) is 2. The van der Waals surface area contributed by atoms with Crippen LogP contribution in [-0.2, 0) is 14.8 Å². The molecule has 2 aromatic carbocycles. The fraction of sp³-hybridized carbons (Fsp3) is 0.172. The van der Waals surface area contributed by atoms with Gasteiger partial charge in [-0.25, -0.2) is 28.1 Å². The Labute approximate surface area is 247 Å². The summed E-state index contributed by atoms with van der Waals surface area (Å²) in [5.41, 5.74) is 9.07. The number of nitrogen functional groups attached to an aromatic ring is 1. The lowest BCUT2D eigenvalue weighted by Crippen LogP contribution is -2.15. The Kier molecular flexibility index (Phi) is 9.37. The molecular formula is C29H26N8O3S2. The lowest BCUT2D eigenvalue weighted by molar-refractivity contribution is -0.115. The molecule has 0 aliphatic rings. The summed E-state index contributed by atoms with van der Waals surface area (Å²) in [7, 11) is -3.90. The average molecular weight is 599 g/mol. The van der Waals surface area contributed by atoms with Crippen molar-refractivity contribution in [3.63, 3.8) is 0 Å². The maximum atomic E-state index is 12.6. The number of carbonyl (C=O) groups excluding carboxylic acids is 1. The van der Waals surface area contributed by atoms with E-state index >= 15 is 0 Å². The van der Waals surface area contributed by atoms with Crippen LogP contribution in [0.5, 0.6) is 0 Å². The molecule has 0 radical (unpaired) electrons. The SMILES string of the molecule is CC(C)c1ccc(-c2c(C#N)c(N)nc(SCCC(=O)Nc3ccc(S(=O)(=O)Nc4ncccn4)cc3)c2C#N)cc1. The van der Waals surface area contributed by atoms with Crippen molar-refractivity contribution in [2.75, 3.05) is 21.5 Å². The van der Waals surface area contributed by atoms with Crippen molar-refractivity contribution >= 4 is 45.1 Å². The van der Waals surface area contributed by atoms with E-state index in [0.717, 1.165) is 5.56 Å². The highest BCUT2D eigenvalue weighted by Gasteiger charge is 2.21. The number of nitriles is 2. The molecule has 0 saturated heterocycles. The van der Waals surface area contributed by atoms with Gasteiger partial charge in [-0.1, -0.05) is 38.1 Å². The first-order chi connectivity index (χ1) is 20.1. The van der Waals surface area contributed by atoms with Gasteiger partial charge >= 0.3 is 0 Å². The second kappa shape index (κ2) is 13.1. The molecule has 4 rings (SSSR count). The number of aromatic nitrogens is 3. The zero-order valence-electron chi connectivity index (χ0n) is 22.7. The Bertz CT molecular complexity index is 1780. The number of anilines is 3. The van der Waals surface area contributed by atoms with Crippen LogP contribution in [0.2, 0.25) is 0 Å². The standard InChI is InChI=1S/C29H26N8O3S2/c1-18(2)19-4-6-20(7-5-19)26-23(16-30)27(32)36-28(24(26)17-31)41-15-12-25(38)35-21-8-10-22(11-9-21)42(39,40)37-29-33-13-3-14-34-29/h3-11,13-14,18H,12,15H2,1-2H3,(H2,32,36)(H,35,38)(H,33,34,37). The number of nitrogens with two attached hydrogens (primary N) is 1. The summed E-state index contributed by atoms with van der Waals surface area (Å²) >= 11 is 1.18. The Hall–Kier alpha value is -4.98. The van der Waals surface area contributed by atoms with E-state index in [2.05, 4.69) is 51.0 Å². The smallest absolute Gasteiger partial charge is 0.264 e. The third-order valence-electron chi connectivity index (χ3n) is 6.09. The van der Waals surface area contributed by atoms with Crippen molar-refractivity contribution in [3.05, 3.63) is 83.7 Å². The zero-order chi connectivity index (χ0) is 30.3. The lowest BCUT2D eigenvalue weighted by atomic mass is 9.94. The van der Waals surface area contributed by atoms with Crippen LogP contribution >= 0.6 is 11.8 Å². The summed E-state index contributed by atoms with van der Waals surface area (Å²) in [6, 6.07) is 19.1. The maximum absolute atomic E-state index is 12.6. The van der Waals surface area contributed by atoms with Crippen LogP contribution in [0.4, 0.5) is 17.5 Å². The van der Waals surface area contributed by atoms with Crippen molar-refractivity contribution in [1.29, 1.82) is 10.5 Å². The summed E-state index contributed by atoms with van der Waals surface area (Å²) < 4.78 is 27.4. The number of hydrogen-bond acceptors (Lipinski definition) is 10. The molecule has 2 heterocycles. The average Bonchev–Trinajstić information content (AvgIpc) is 2.97. The highest BCUT2D eigenvalue weighted by Crippen LogP contribution is 2.36. The normalized spacial score (nSPS) is 11.0. The van der Waals surface area contributed by atoms with Crippen LogP contribution in [0.15, 0.2) is 76.9 Å². The van der Waals surface area contributed by atoms with E-state index in [1.54, 1.807) is 6.07 Å². The fourth-order valence-electron chi connectivity index (χ4n) is 3.94. The van der Waals surface area contributed by atoms with Gasteiger partial charge in [0.05, 0.1) is 10.5 Å². The van der Waals surface area contributed by atoms with E-state index in [-0.39, 0.29) is 45.9 Å². The number of nitrogens with zero attached hydrogens (tertiary/aromatic N) is 5. The van der Waals surface area contributed by atoms with Gasteiger partial charge in [0, 0.05) is 35.8 Å². The topological polar surface area (TPSA) is 188 Å². The zero-order valence-corrected chi connectivity index (χ0v) is 24.3. The summed E-state index contributed by atoms with van der Waals surface area (Å²) in [5, 5.41) is 22.8. The molecule has 0 aliphatic heterocycles. The highest BCUT2D eigenvalue weighted by molar-refractivity contribution is 7.99. The first kappa shape index (κ1) is 30.0. The van der Waals surface area contributed by atoms with E-state index in [9.17, 15) is 23.7 Å². The first-order valence-electron chi connectivity index (χ1n) is 12.7. The van der Waals surface area contributed by atoms with Crippen LogP contribution in [0.1, 0.15) is 42.9 Å². The number of sulfonamides is 1. The summed E-state index contributed by atoms with van der Waals surface area (Å²) in [5.74, 6) is 0.232. The fourth-order valence-corrected chi connectivity index (χ4v) is 5.83.